The Balaban J connectivity index is 0.00000208. The minimum absolute atomic E-state index is 0. The molecule has 2 aliphatic rings. The number of halogens is 3. The lowest BCUT2D eigenvalue weighted by atomic mass is 10.1. The van der Waals surface area contributed by atoms with Crippen molar-refractivity contribution in [2.24, 2.45) is 5.73 Å². The van der Waals surface area contributed by atoms with Gasteiger partial charge in [0, 0.05) is 13.1 Å². The van der Waals surface area contributed by atoms with Crippen LogP contribution in [-0.4, -0.2) is 49.3 Å². The molecule has 0 radical (unpaired) electrons. The molecule has 0 saturated carbocycles. The van der Waals surface area contributed by atoms with Crippen molar-refractivity contribution in [3.05, 3.63) is 33.8 Å². The summed E-state index contributed by atoms with van der Waals surface area (Å²) in [6.45, 7) is 2.01. The number of nitrogens with zero attached hydrogens (tertiary/aromatic N) is 1. The molecule has 2 heterocycles. The second-order valence-electron chi connectivity index (χ2n) is 5.88. The van der Waals surface area contributed by atoms with Gasteiger partial charge in [0.1, 0.15) is 12.2 Å². The summed E-state index contributed by atoms with van der Waals surface area (Å²) in [5, 5.41) is 0.993. The van der Waals surface area contributed by atoms with Crippen LogP contribution in [0.4, 0.5) is 0 Å². The maximum absolute atomic E-state index is 12.6. The Kier molecular flexibility index (Phi) is 7.16. The summed E-state index contributed by atoms with van der Waals surface area (Å²) < 4.78 is 11.5. The van der Waals surface area contributed by atoms with Crippen molar-refractivity contribution in [1.29, 1.82) is 0 Å². The Hall–Kier alpha value is -0.560. The van der Waals surface area contributed by atoms with Crippen LogP contribution in [0.5, 0.6) is 0 Å². The quantitative estimate of drug-likeness (QED) is 0.855. The molecule has 134 valence electrons. The molecule has 0 aliphatic carbocycles. The third-order valence-electron chi connectivity index (χ3n) is 4.34. The predicted molar refractivity (Wildman–Crippen MR) is 95.9 cm³/mol. The van der Waals surface area contributed by atoms with Gasteiger partial charge < -0.3 is 20.1 Å². The molecule has 1 amide bonds. The van der Waals surface area contributed by atoms with Crippen LogP contribution in [0.1, 0.15) is 24.5 Å². The van der Waals surface area contributed by atoms with Gasteiger partial charge in [-0.2, -0.15) is 0 Å². The number of hydrogen-bond donors (Lipinski definition) is 1. The third kappa shape index (κ3) is 4.34. The first-order valence-electron chi connectivity index (χ1n) is 7.79. The lowest BCUT2D eigenvalue weighted by Gasteiger charge is -2.34. The Morgan fingerprint density at radius 2 is 2.08 bits per heavy atom. The smallest absolute Gasteiger partial charge is 0.251 e. The monoisotopic (exact) mass is 394 g/mol. The van der Waals surface area contributed by atoms with Crippen molar-refractivity contribution >= 4 is 41.5 Å². The van der Waals surface area contributed by atoms with Gasteiger partial charge in [-0.05, 0) is 30.5 Å². The van der Waals surface area contributed by atoms with Crippen molar-refractivity contribution in [2.75, 3.05) is 26.2 Å². The first-order valence-corrected chi connectivity index (χ1v) is 8.55. The van der Waals surface area contributed by atoms with E-state index in [1.165, 1.54) is 0 Å². The first-order chi connectivity index (χ1) is 11.1. The van der Waals surface area contributed by atoms with Crippen LogP contribution >= 0.6 is 35.6 Å². The standard InChI is InChI=1S/C16H20Cl2N2O3.ClH/c17-12-3-1-10(7-13(12)18)15-9-20(5-6-22-15)16(21)14-4-2-11(8-19)23-14;/h1,3,7,11,14-15H,2,4-6,8-9,19H2;1H/t11-,14+,15?;/m1./s1. The molecule has 2 fully saturated rings. The zero-order valence-electron chi connectivity index (χ0n) is 13.1. The topological polar surface area (TPSA) is 64.8 Å². The molecule has 5 nitrogen and oxygen atoms in total. The molecule has 2 N–H and O–H groups in total. The van der Waals surface area contributed by atoms with Gasteiger partial charge in [-0.15, -0.1) is 12.4 Å². The van der Waals surface area contributed by atoms with Crippen LogP contribution < -0.4 is 5.73 Å². The highest BCUT2D eigenvalue weighted by atomic mass is 35.5. The van der Waals surface area contributed by atoms with E-state index in [0.29, 0.717) is 36.3 Å². The SMILES string of the molecule is Cl.NC[C@H]1CC[C@@H](C(=O)N2CCOC(c3ccc(Cl)c(Cl)c3)C2)O1. The number of ether oxygens (including phenoxy) is 2. The number of benzene rings is 1. The fourth-order valence-corrected chi connectivity index (χ4v) is 3.33. The van der Waals surface area contributed by atoms with Crippen molar-refractivity contribution in [1.82, 2.24) is 4.90 Å². The molecule has 24 heavy (non-hydrogen) atoms. The van der Waals surface area contributed by atoms with Crippen molar-refractivity contribution in [2.45, 2.75) is 31.2 Å². The van der Waals surface area contributed by atoms with Crippen LogP contribution in [0.15, 0.2) is 18.2 Å². The fourth-order valence-electron chi connectivity index (χ4n) is 3.03. The van der Waals surface area contributed by atoms with E-state index in [2.05, 4.69) is 0 Å². The molecule has 0 bridgehead atoms. The Labute approximate surface area is 157 Å². The fraction of sp³-hybridized carbons (Fsp3) is 0.562. The number of morpholine rings is 1. The van der Waals surface area contributed by atoms with E-state index in [9.17, 15) is 4.79 Å². The molecule has 2 saturated heterocycles. The highest BCUT2D eigenvalue weighted by molar-refractivity contribution is 6.42. The highest BCUT2D eigenvalue weighted by Gasteiger charge is 2.35. The predicted octanol–water partition coefficient (Wildman–Crippen LogP) is 2.82. The minimum atomic E-state index is -0.379. The third-order valence-corrected chi connectivity index (χ3v) is 5.08. The summed E-state index contributed by atoms with van der Waals surface area (Å²) >= 11 is 12.0. The second-order valence-corrected chi connectivity index (χ2v) is 6.69. The van der Waals surface area contributed by atoms with Crippen LogP contribution in [-0.2, 0) is 14.3 Å². The molecule has 0 aromatic heterocycles. The molecule has 8 heteroatoms. The molecular formula is C16H21Cl3N2O3. The maximum Gasteiger partial charge on any atom is 0.251 e. The summed E-state index contributed by atoms with van der Waals surface area (Å²) in [5.41, 5.74) is 6.53. The van der Waals surface area contributed by atoms with Gasteiger partial charge in [-0.1, -0.05) is 29.3 Å². The van der Waals surface area contributed by atoms with Crippen LogP contribution in [0, 0.1) is 0 Å². The molecule has 1 aromatic carbocycles. The van der Waals surface area contributed by atoms with E-state index in [0.717, 1.165) is 18.4 Å². The number of carbonyl (C=O) groups excluding carboxylic acids is 1. The van der Waals surface area contributed by atoms with E-state index in [1.54, 1.807) is 17.0 Å². The summed E-state index contributed by atoms with van der Waals surface area (Å²) in [5.74, 6) is 0.0225. The average Bonchev–Trinajstić information content (AvgIpc) is 3.06. The molecule has 2 aliphatic heterocycles. The Bertz CT molecular complexity index is 588. The van der Waals surface area contributed by atoms with Gasteiger partial charge in [0.05, 0.1) is 29.3 Å². The van der Waals surface area contributed by atoms with Crippen LogP contribution in [0.2, 0.25) is 10.0 Å². The average molecular weight is 396 g/mol. The lowest BCUT2D eigenvalue weighted by molar-refractivity contribution is -0.150. The number of amides is 1. The zero-order valence-corrected chi connectivity index (χ0v) is 15.4. The minimum Gasteiger partial charge on any atom is -0.370 e. The van der Waals surface area contributed by atoms with Gasteiger partial charge >= 0.3 is 0 Å². The highest BCUT2D eigenvalue weighted by Crippen LogP contribution is 2.30. The van der Waals surface area contributed by atoms with Crippen molar-refractivity contribution in [3.8, 4) is 0 Å². The molecule has 1 unspecified atom stereocenters. The lowest BCUT2D eigenvalue weighted by Crippen LogP contribution is -2.46. The van der Waals surface area contributed by atoms with Gasteiger partial charge in [-0.3, -0.25) is 4.79 Å². The molecule has 3 rings (SSSR count). The zero-order chi connectivity index (χ0) is 16.4. The van der Waals surface area contributed by atoms with E-state index in [1.807, 2.05) is 6.07 Å². The van der Waals surface area contributed by atoms with Gasteiger partial charge in [0.2, 0.25) is 0 Å². The van der Waals surface area contributed by atoms with Crippen LogP contribution in [0.3, 0.4) is 0 Å². The van der Waals surface area contributed by atoms with Crippen molar-refractivity contribution in [3.63, 3.8) is 0 Å². The largest absolute Gasteiger partial charge is 0.370 e. The van der Waals surface area contributed by atoms with E-state index in [-0.39, 0.29) is 36.6 Å². The van der Waals surface area contributed by atoms with Gasteiger partial charge in [0.25, 0.3) is 5.91 Å². The number of carbonyl (C=O) groups is 1. The first kappa shape index (κ1) is 19.8. The number of rotatable bonds is 3. The van der Waals surface area contributed by atoms with E-state index >= 15 is 0 Å². The summed E-state index contributed by atoms with van der Waals surface area (Å²) in [4.78, 5) is 14.4. The van der Waals surface area contributed by atoms with E-state index < -0.39 is 0 Å². The maximum atomic E-state index is 12.6. The molecule has 3 atom stereocenters. The molecular weight excluding hydrogens is 375 g/mol. The normalized spacial score (nSPS) is 27.0. The number of hydrogen-bond acceptors (Lipinski definition) is 4. The molecule has 0 spiro atoms. The Morgan fingerprint density at radius 3 is 2.75 bits per heavy atom. The summed E-state index contributed by atoms with van der Waals surface area (Å²) in [7, 11) is 0. The van der Waals surface area contributed by atoms with Crippen molar-refractivity contribution < 1.29 is 14.3 Å². The van der Waals surface area contributed by atoms with E-state index in [4.69, 9.17) is 38.4 Å². The number of nitrogens with two attached hydrogens (primary N) is 1. The molecule has 1 aromatic rings. The van der Waals surface area contributed by atoms with Crippen LogP contribution in [0.25, 0.3) is 0 Å². The van der Waals surface area contributed by atoms with Gasteiger partial charge in [0.15, 0.2) is 0 Å². The second kappa shape index (κ2) is 8.70. The summed E-state index contributed by atoms with van der Waals surface area (Å²) in [6.07, 6.45) is 0.990. The van der Waals surface area contributed by atoms with Gasteiger partial charge in [-0.25, -0.2) is 0 Å². The summed E-state index contributed by atoms with van der Waals surface area (Å²) in [6, 6.07) is 5.41. The Morgan fingerprint density at radius 1 is 1.29 bits per heavy atom.